The molecule has 1 unspecified atom stereocenters. The van der Waals surface area contributed by atoms with Crippen LogP contribution in [0.2, 0.25) is 0 Å². The minimum Gasteiger partial charge on any atom is -0.364 e. The van der Waals surface area contributed by atoms with Crippen LogP contribution < -0.4 is 5.32 Å². The molecule has 0 aliphatic rings. The molecule has 3 nitrogen and oxygen atoms in total. The summed E-state index contributed by atoms with van der Waals surface area (Å²) in [5.41, 5.74) is 2.94. The van der Waals surface area contributed by atoms with E-state index in [1.165, 1.54) is 0 Å². The van der Waals surface area contributed by atoms with Gasteiger partial charge in [-0.2, -0.15) is 5.26 Å². The molecular formula is C15H14BrN3. The molecule has 96 valence electrons. The summed E-state index contributed by atoms with van der Waals surface area (Å²) < 4.78 is 1.00. The van der Waals surface area contributed by atoms with Crippen molar-refractivity contribution in [1.82, 2.24) is 4.98 Å². The lowest BCUT2D eigenvalue weighted by atomic mass is 10.1. The summed E-state index contributed by atoms with van der Waals surface area (Å²) in [6.07, 6.45) is 1.79. The van der Waals surface area contributed by atoms with Gasteiger partial charge in [0.2, 0.25) is 0 Å². The predicted molar refractivity (Wildman–Crippen MR) is 79.9 cm³/mol. The van der Waals surface area contributed by atoms with Crippen molar-refractivity contribution in [3.05, 3.63) is 57.7 Å². The van der Waals surface area contributed by atoms with E-state index in [1.54, 1.807) is 6.20 Å². The second-order valence-corrected chi connectivity index (χ2v) is 5.27. The van der Waals surface area contributed by atoms with Gasteiger partial charge in [0, 0.05) is 16.7 Å². The van der Waals surface area contributed by atoms with Crippen LogP contribution in [0.1, 0.15) is 29.7 Å². The number of anilines is 1. The van der Waals surface area contributed by atoms with E-state index in [1.807, 2.05) is 37.3 Å². The summed E-state index contributed by atoms with van der Waals surface area (Å²) in [5, 5.41) is 12.1. The lowest BCUT2D eigenvalue weighted by Gasteiger charge is -2.15. The van der Waals surface area contributed by atoms with Gasteiger partial charge in [-0.05, 0) is 59.1 Å². The zero-order valence-electron chi connectivity index (χ0n) is 10.8. The van der Waals surface area contributed by atoms with E-state index in [2.05, 4.69) is 39.2 Å². The van der Waals surface area contributed by atoms with Gasteiger partial charge >= 0.3 is 0 Å². The molecule has 1 N–H and O–H groups in total. The Balaban J connectivity index is 2.13. The third kappa shape index (κ3) is 3.33. The van der Waals surface area contributed by atoms with Gasteiger partial charge in [-0.25, -0.2) is 4.98 Å². The number of halogens is 1. The molecule has 1 heterocycles. The highest BCUT2D eigenvalue weighted by Gasteiger charge is 2.07. The molecule has 0 spiro atoms. The Morgan fingerprint density at radius 3 is 2.58 bits per heavy atom. The topological polar surface area (TPSA) is 48.7 Å². The van der Waals surface area contributed by atoms with E-state index in [-0.39, 0.29) is 6.04 Å². The first-order chi connectivity index (χ1) is 9.10. The van der Waals surface area contributed by atoms with E-state index in [4.69, 9.17) is 5.26 Å². The molecule has 0 fully saturated rings. The van der Waals surface area contributed by atoms with E-state index in [0.29, 0.717) is 5.56 Å². The Hall–Kier alpha value is -1.86. The van der Waals surface area contributed by atoms with Gasteiger partial charge in [-0.3, -0.25) is 0 Å². The Kier molecular flexibility index (Phi) is 4.18. The quantitative estimate of drug-likeness (QED) is 0.923. The Labute approximate surface area is 121 Å². The maximum absolute atomic E-state index is 8.78. The summed E-state index contributed by atoms with van der Waals surface area (Å²) >= 11 is 3.44. The van der Waals surface area contributed by atoms with Crippen LogP contribution in [-0.2, 0) is 0 Å². The molecule has 19 heavy (non-hydrogen) atoms. The van der Waals surface area contributed by atoms with Gasteiger partial charge < -0.3 is 5.32 Å². The van der Waals surface area contributed by atoms with Crippen molar-refractivity contribution in [1.29, 1.82) is 5.26 Å². The molecule has 0 saturated heterocycles. The molecule has 0 saturated carbocycles. The fourth-order valence-corrected chi connectivity index (χ4v) is 1.99. The van der Waals surface area contributed by atoms with Crippen LogP contribution in [-0.4, -0.2) is 4.98 Å². The van der Waals surface area contributed by atoms with Crippen LogP contribution in [0, 0.1) is 18.3 Å². The lowest BCUT2D eigenvalue weighted by Crippen LogP contribution is -2.08. The first kappa shape index (κ1) is 13.6. The molecule has 0 aliphatic heterocycles. The standard InChI is InChI=1S/C15H14BrN3/c1-10-7-15(18-9-14(10)16)19-11(2)13-5-3-12(8-17)4-6-13/h3-7,9,11H,1-2H3,(H,18,19). The highest BCUT2D eigenvalue weighted by Crippen LogP contribution is 2.21. The molecule has 0 aliphatic carbocycles. The fraction of sp³-hybridized carbons (Fsp3) is 0.200. The summed E-state index contributed by atoms with van der Waals surface area (Å²) in [6, 6.07) is 11.8. The van der Waals surface area contributed by atoms with Crippen LogP contribution in [0.4, 0.5) is 5.82 Å². The Morgan fingerprint density at radius 2 is 2.00 bits per heavy atom. The van der Waals surface area contributed by atoms with Crippen molar-refractivity contribution in [2.24, 2.45) is 0 Å². The maximum atomic E-state index is 8.78. The Bertz CT molecular complexity index is 614. The number of hydrogen-bond acceptors (Lipinski definition) is 3. The molecule has 1 aromatic heterocycles. The average Bonchev–Trinajstić information content (AvgIpc) is 2.43. The molecule has 0 radical (unpaired) electrons. The first-order valence-electron chi connectivity index (χ1n) is 5.99. The van der Waals surface area contributed by atoms with Gasteiger partial charge in [-0.1, -0.05) is 12.1 Å². The van der Waals surface area contributed by atoms with E-state index in [0.717, 1.165) is 21.4 Å². The molecule has 4 heteroatoms. The molecule has 1 aromatic carbocycles. The monoisotopic (exact) mass is 315 g/mol. The number of benzene rings is 1. The Morgan fingerprint density at radius 1 is 1.32 bits per heavy atom. The van der Waals surface area contributed by atoms with Crippen molar-refractivity contribution in [3.8, 4) is 6.07 Å². The van der Waals surface area contributed by atoms with Crippen LogP contribution in [0.15, 0.2) is 41.0 Å². The number of nitriles is 1. The van der Waals surface area contributed by atoms with Crippen molar-refractivity contribution in [3.63, 3.8) is 0 Å². The molecule has 0 bridgehead atoms. The maximum Gasteiger partial charge on any atom is 0.126 e. The molecule has 2 rings (SSSR count). The second-order valence-electron chi connectivity index (χ2n) is 4.42. The lowest BCUT2D eigenvalue weighted by molar-refractivity contribution is 0.873. The number of rotatable bonds is 3. The van der Waals surface area contributed by atoms with E-state index >= 15 is 0 Å². The summed E-state index contributed by atoms with van der Waals surface area (Å²) in [6.45, 7) is 4.10. The summed E-state index contributed by atoms with van der Waals surface area (Å²) in [4.78, 5) is 4.33. The van der Waals surface area contributed by atoms with Gasteiger partial charge in [0.1, 0.15) is 5.82 Å². The SMILES string of the molecule is Cc1cc(NC(C)c2ccc(C#N)cc2)ncc1Br. The summed E-state index contributed by atoms with van der Waals surface area (Å²) in [5.74, 6) is 0.845. The molecular weight excluding hydrogens is 302 g/mol. The highest BCUT2D eigenvalue weighted by molar-refractivity contribution is 9.10. The third-order valence-electron chi connectivity index (χ3n) is 2.95. The zero-order valence-corrected chi connectivity index (χ0v) is 12.4. The van der Waals surface area contributed by atoms with Crippen molar-refractivity contribution in [2.75, 3.05) is 5.32 Å². The third-order valence-corrected chi connectivity index (χ3v) is 3.78. The normalized spacial score (nSPS) is 11.7. The van der Waals surface area contributed by atoms with Crippen LogP contribution in [0.3, 0.4) is 0 Å². The van der Waals surface area contributed by atoms with Gasteiger partial charge in [0.25, 0.3) is 0 Å². The molecule has 2 aromatic rings. The predicted octanol–water partition coefficient (Wildman–Crippen LogP) is 4.20. The van der Waals surface area contributed by atoms with Crippen molar-refractivity contribution < 1.29 is 0 Å². The van der Waals surface area contributed by atoms with Gasteiger partial charge in [0.15, 0.2) is 0 Å². The highest BCUT2D eigenvalue weighted by atomic mass is 79.9. The number of aromatic nitrogens is 1. The van der Waals surface area contributed by atoms with E-state index in [9.17, 15) is 0 Å². The fourth-order valence-electron chi connectivity index (χ4n) is 1.77. The molecule has 0 amide bonds. The number of pyridine rings is 1. The first-order valence-corrected chi connectivity index (χ1v) is 6.78. The van der Waals surface area contributed by atoms with Gasteiger partial charge in [0.05, 0.1) is 11.6 Å². The number of aryl methyl sites for hydroxylation is 1. The number of hydrogen-bond donors (Lipinski definition) is 1. The largest absolute Gasteiger partial charge is 0.364 e. The minimum absolute atomic E-state index is 0.140. The average molecular weight is 316 g/mol. The van der Waals surface area contributed by atoms with Crippen molar-refractivity contribution in [2.45, 2.75) is 19.9 Å². The number of nitrogens with zero attached hydrogens (tertiary/aromatic N) is 2. The van der Waals surface area contributed by atoms with Crippen LogP contribution in [0.5, 0.6) is 0 Å². The minimum atomic E-state index is 0.140. The smallest absolute Gasteiger partial charge is 0.126 e. The van der Waals surface area contributed by atoms with Crippen LogP contribution >= 0.6 is 15.9 Å². The van der Waals surface area contributed by atoms with Crippen LogP contribution in [0.25, 0.3) is 0 Å². The van der Waals surface area contributed by atoms with E-state index < -0.39 is 0 Å². The van der Waals surface area contributed by atoms with Crippen molar-refractivity contribution >= 4 is 21.7 Å². The number of nitrogens with one attached hydrogen (secondary N) is 1. The second kappa shape index (κ2) is 5.85. The molecule has 1 atom stereocenters. The summed E-state index contributed by atoms with van der Waals surface area (Å²) in [7, 11) is 0. The van der Waals surface area contributed by atoms with Gasteiger partial charge in [-0.15, -0.1) is 0 Å². The zero-order chi connectivity index (χ0) is 13.8.